The maximum Gasteiger partial charge on any atom is 0.103 e. The van der Waals surface area contributed by atoms with E-state index in [0.29, 0.717) is 5.56 Å². The van der Waals surface area contributed by atoms with Crippen molar-refractivity contribution < 1.29 is 0 Å². The molecule has 0 saturated carbocycles. The molecule has 0 radical (unpaired) electrons. The number of pyridine rings is 1. The number of nitrogens with zero attached hydrogens (tertiary/aromatic N) is 2. The van der Waals surface area contributed by atoms with Crippen LogP contribution in [0.4, 0.5) is 5.69 Å². The fraction of sp³-hybridized carbons (Fsp3) is 0.375. The van der Waals surface area contributed by atoms with E-state index in [0.717, 1.165) is 48.2 Å². The molecule has 2 aromatic rings. The largest absolute Gasteiger partial charge is 0.383 e. The van der Waals surface area contributed by atoms with Crippen LogP contribution >= 0.6 is 11.8 Å². The summed E-state index contributed by atoms with van der Waals surface area (Å²) in [5.41, 5.74) is 3.98. The highest BCUT2D eigenvalue weighted by Gasteiger charge is 2.19. The molecule has 0 atom stereocenters. The fourth-order valence-corrected chi connectivity index (χ4v) is 3.71. The van der Waals surface area contributed by atoms with Crippen LogP contribution in [0.15, 0.2) is 23.2 Å². The lowest BCUT2D eigenvalue weighted by Crippen LogP contribution is -2.05. The number of nitriles is 1. The van der Waals surface area contributed by atoms with Gasteiger partial charge in [0.15, 0.2) is 0 Å². The monoisotopic (exact) mass is 283 g/mol. The summed E-state index contributed by atoms with van der Waals surface area (Å²) in [6.07, 6.45) is 5.01. The van der Waals surface area contributed by atoms with E-state index in [-0.39, 0.29) is 0 Å². The summed E-state index contributed by atoms with van der Waals surface area (Å²) in [6, 6.07) is 6.50. The Bertz CT molecular complexity index is 688. The smallest absolute Gasteiger partial charge is 0.103 e. The zero-order valence-corrected chi connectivity index (χ0v) is 12.4. The molecule has 1 N–H and O–H groups in total. The molecule has 1 aliphatic rings. The normalized spacial score (nSPS) is 13.2. The van der Waals surface area contributed by atoms with E-state index in [9.17, 15) is 5.26 Å². The summed E-state index contributed by atoms with van der Waals surface area (Å²) in [5.74, 6) is 1.12. The number of fused-ring (bicyclic) bond motifs is 3. The lowest BCUT2D eigenvalue weighted by molar-refractivity contribution is 0.834. The van der Waals surface area contributed by atoms with Gasteiger partial charge in [-0.3, -0.25) is 4.98 Å². The van der Waals surface area contributed by atoms with Gasteiger partial charge in [-0.25, -0.2) is 0 Å². The van der Waals surface area contributed by atoms with E-state index < -0.39 is 0 Å². The molecule has 0 fully saturated rings. The minimum atomic E-state index is 0.652. The molecule has 1 aromatic carbocycles. The van der Waals surface area contributed by atoms with Gasteiger partial charge in [-0.05, 0) is 30.5 Å². The van der Waals surface area contributed by atoms with E-state index in [1.807, 2.05) is 11.8 Å². The second-order valence-electron chi connectivity index (χ2n) is 4.97. The quantitative estimate of drug-likeness (QED) is 0.863. The standard InChI is InChI=1S/C16H17N3S/c1-2-3-7-18-16-11(9-17)10-19-13-4-5-14-12(15(13)16)6-8-20-14/h4-5,10H,2-3,6-8H2,1H3,(H,18,19). The van der Waals surface area contributed by atoms with E-state index in [1.54, 1.807) is 6.20 Å². The van der Waals surface area contributed by atoms with Gasteiger partial charge in [0.1, 0.15) is 6.07 Å². The Balaban J connectivity index is 2.17. The molecule has 20 heavy (non-hydrogen) atoms. The molecule has 0 saturated heterocycles. The van der Waals surface area contributed by atoms with Crippen LogP contribution in [0.3, 0.4) is 0 Å². The van der Waals surface area contributed by atoms with Crippen LogP contribution in [-0.2, 0) is 6.42 Å². The van der Waals surface area contributed by atoms with Gasteiger partial charge in [0.2, 0.25) is 0 Å². The average Bonchev–Trinajstić information content (AvgIpc) is 2.95. The third-order valence-corrected chi connectivity index (χ3v) is 4.76. The number of nitrogens with one attached hydrogen (secondary N) is 1. The number of anilines is 1. The van der Waals surface area contributed by atoms with Gasteiger partial charge in [-0.1, -0.05) is 13.3 Å². The predicted molar refractivity (Wildman–Crippen MR) is 84.3 cm³/mol. The molecular weight excluding hydrogens is 266 g/mol. The van der Waals surface area contributed by atoms with E-state index in [4.69, 9.17) is 0 Å². The number of hydrogen-bond acceptors (Lipinski definition) is 4. The maximum atomic E-state index is 9.35. The molecule has 1 aliphatic heterocycles. The lowest BCUT2D eigenvalue weighted by atomic mass is 10.0. The van der Waals surface area contributed by atoms with Gasteiger partial charge in [0, 0.05) is 28.8 Å². The van der Waals surface area contributed by atoms with Crippen LogP contribution in [0.1, 0.15) is 30.9 Å². The van der Waals surface area contributed by atoms with Crippen molar-refractivity contribution >= 4 is 28.4 Å². The summed E-state index contributed by atoms with van der Waals surface area (Å²) in [4.78, 5) is 5.79. The average molecular weight is 283 g/mol. The molecule has 0 amide bonds. The number of thioether (sulfide) groups is 1. The van der Waals surface area contributed by atoms with E-state index >= 15 is 0 Å². The topological polar surface area (TPSA) is 48.7 Å². The number of unbranched alkanes of at least 4 members (excludes halogenated alkanes) is 1. The van der Waals surface area contributed by atoms with Gasteiger partial charge in [-0.2, -0.15) is 5.26 Å². The summed E-state index contributed by atoms with van der Waals surface area (Å²) in [5, 5.41) is 14.0. The molecule has 102 valence electrons. The Morgan fingerprint density at radius 1 is 1.45 bits per heavy atom. The van der Waals surface area contributed by atoms with Crippen molar-refractivity contribution in [2.75, 3.05) is 17.6 Å². The SMILES string of the molecule is CCCCNc1c(C#N)cnc2ccc3c(c12)CCS3. The third kappa shape index (κ3) is 2.23. The number of aromatic nitrogens is 1. The molecule has 0 spiro atoms. The minimum Gasteiger partial charge on any atom is -0.383 e. The lowest BCUT2D eigenvalue weighted by Gasteiger charge is -2.13. The first kappa shape index (κ1) is 13.3. The van der Waals surface area contributed by atoms with E-state index in [2.05, 4.69) is 35.4 Å². The highest BCUT2D eigenvalue weighted by atomic mass is 32.2. The molecular formula is C16H17N3S. The summed E-state index contributed by atoms with van der Waals surface area (Å²) < 4.78 is 0. The van der Waals surface area contributed by atoms with Gasteiger partial charge in [-0.15, -0.1) is 11.8 Å². The third-order valence-electron chi connectivity index (χ3n) is 3.66. The van der Waals surface area contributed by atoms with Crippen LogP contribution in [0.2, 0.25) is 0 Å². The van der Waals surface area contributed by atoms with Crippen LogP contribution in [0, 0.1) is 11.3 Å². The molecule has 0 bridgehead atoms. The molecule has 0 unspecified atom stereocenters. The number of aryl methyl sites for hydroxylation is 1. The number of rotatable bonds is 4. The highest BCUT2D eigenvalue weighted by molar-refractivity contribution is 7.99. The molecule has 3 nitrogen and oxygen atoms in total. The predicted octanol–water partition coefficient (Wildman–Crippen LogP) is 3.97. The van der Waals surface area contributed by atoms with Crippen LogP contribution in [-0.4, -0.2) is 17.3 Å². The molecule has 3 rings (SSSR count). The molecule has 0 aliphatic carbocycles. The van der Waals surface area contributed by atoms with Crippen molar-refractivity contribution in [1.82, 2.24) is 4.98 Å². The Hall–Kier alpha value is -1.73. The van der Waals surface area contributed by atoms with Gasteiger partial charge in [0.25, 0.3) is 0 Å². The van der Waals surface area contributed by atoms with Crippen molar-refractivity contribution in [3.05, 3.63) is 29.5 Å². The zero-order chi connectivity index (χ0) is 13.9. The van der Waals surface area contributed by atoms with Crippen molar-refractivity contribution in [3.63, 3.8) is 0 Å². The Kier molecular flexibility index (Phi) is 3.79. The fourth-order valence-electron chi connectivity index (χ4n) is 2.64. The first-order valence-corrected chi connectivity index (χ1v) is 8.05. The van der Waals surface area contributed by atoms with Gasteiger partial charge in [0.05, 0.1) is 16.8 Å². The molecule has 2 heterocycles. The zero-order valence-electron chi connectivity index (χ0n) is 11.6. The van der Waals surface area contributed by atoms with Crippen molar-refractivity contribution in [2.45, 2.75) is 31.1 Å². The Morgan fingerprint density at radius 2 is 2.35 bits per heavy atom. The number of hydrogen-bond donors (Lipinski definition) is 1. The minimum absolute atomic E-state index is 0.652. The highest BCUT2D eigenvalue weighted by Crippen LogP contribution is 2.39. The van der Waals surface area contributed by atoms with E-state index in [1.165, 1.54) is 10.5 Å². The van der Waals surface area contributed by atoms with Crippen LogP contribution in [0.5, 0.6) is 0 Å². The summed E-state index contributed by atoms with van der Waals surface area (Å²) in [6.45, 7) is 3.08. The van der Waals surface area contributed by atoms with Gasteiger partial charge < -0.3 is 5.32 Å². The second-order valence-corrected chi connectivity index (χ2v) is 6.11. The van der Waals surface area contributed by atoms with Crippen molar-refractivity contribution in [2.24, 2.45) is 0 Å². The Morgan fingerprint density at radius 3 is 3.15 bits per heavy atom. The first-order chi connectivity index (χ1) is 9.85. The first-order valence-electron chi connectivity index (χ1n) is 7.06. The molecule has 1 aromatic heterocycles. The molecule has 4 heteroatoms. The second kappa shape index (κ2) is 5.72. The van der Waals surface area contributed by atoms with Crippen molar-refractivity contribution in [3.8, 4) is 6.07 Å². The van der Waals surface area contributed by atoms with Gasteiger partial charge >= 0.3 is 0 Å². The van der Waals surface area contributed by atoms with Crippen LogP contribution < -0.4 is 5.32 Å². The van der Waals surface area contributed by atoms with Crippen molar-refractivity contribution in [1.29, 1.82) is 5.26 Å². The summed E-state index contributed by atoms with van der Waals surface area (Å²) >= 11 is 1.89. The van der Waals surface area contributed by atoms with Crippen LogP contribution in [0.25, 0.3) is 10.9 Å². The summed E-state index contributed by atoms with van der Waals surface area (Å²) in [7, 11) is 0. The maximum absolute atomic E-state index is 9.35. The number of benzene rings is 1. The Labute approximate surface area is 123 Å².